The quantitative estimate of drug-likeness (QED) is 0.898. The van der Waals surface area contributed by atoms with E-state index in [2.05, 4.69) is 0 Å². The number of amides is 1. The molecule has 23 heavy (non-hydrogen) atoms. The SMILES string of the molecule is Cn1cc(C(=O)N2Cc3ccccc3C[C@@H]2C(=O)O)ccc1=O. The Morgan fingerprint density at radius 1 is 1.13 bits per heavy atom. The molecule has 0 saturated carbocycles. The van der Waals surface area contributed by atoms with E-state index in [0.717, 1.165) is 11.1 Å². The summed E-state index contributed by atoms with van der Waals surface area (Å²) in [5.41, 5.74) is 1.98. The molecular formula is C17H16N2O4. The summed E-state index contributed by atoms with van der Waals surface area (Å²) in [6.45, 7) is 0.245. The molecule has 118 valence electrons. The van der Waals surface area contributed by atoms with Gasteiger partial charge in [0.2, 0.25) is 5.56 Å². The first-order valence-electron chi connectivity index (χ1n) is 7.24. The summed E-state index contributed by atoms with van der Waals surface area (Å²) >= 11 is 0. The Hall–Kier alpha value is -2.89. The number of carbonyl (C=O) groups excluding carboxylic acids is 1. The van der Waals surface area contributed by atoms with Crippen molar-refractivity contribution in [2.75, 3.05) is 0 Å². The van der Waals surface area contributed by atoms with Crippen molar-refractivity contribution in [2.24, 2.45) is 7.05 Å². The Bertz CT molecular complexity index is 840. The van der Waals surface area contributed by atoms with Gasteiger partial charge in [0.15, 0.2) is 0 Å². The van der Waals surface area contributed by atoms with E-state index in [1.165, 1.54) is 27.8 Å². The molecule has 1 aliphatic heterocycles. The monoisotopic (exact) mass is 312 g/mol. The normalized spacial score (nSPS) is 16.7. The van der Waals surface area contributed by atoms with Crippen LogP contribution in [0.5, 0.6) is 0 Å². The van der Waals surface area contributed by atoms with Gasteiger partial charge in [0.1, 0.15) is 6.04 Å². The molecule has 1 aliphatic rings. The first-order valence-corrected chi connectivity index (χ1v) is 7.24. The molecule has 1 atom stereocenters. The van der Waals surface area contributed by atoms with Crippen LogP contribution >= 0.6 is 0 Å². The Morgan fingerprint density at radius 2 is 1.83 bits per heavy atom. The number of carboxylic acid groups (broad SMARTS) is 1. The van der Waals surface area contributed by atoms with E-state index in [9.17, 15) is 19.5 Å². The highest BCUT2D eigenvalue weighted by molar-refractivity contribution is 5.96. The predicted octanol–water partition coefficient (Wildman–Crippen LogP) is 1.04. The molecule has 0 fully saturated rings. The third-order valence-electron chi connectivity index (χ3n) is 4.13. The van der Waals surface area contributed by atoms with Gasteiger partial charge in [-0.2, -0.15) is 0 Å². The van der Waals surface area contributed by atoms with Crippen molar-refractivity contribution in [3.8, 4) is 0 Å². The molecule has 6 nitrogen and oxygen atoms in total. The van der Waals surface area contributed by atoms with Crippen LogP contribution in [0.25, 0.3) is 0 Å². The molecule has 3 rings (SSSR count). The van der Waals surface area contributed by atoms with E-state index < -0.39 is 12.0 Å². The lowest BCUT2D eigenvalue weighted by molar-refractivity contribution is -0.142. The maximum Gasteiger partial charge on any atom is 0.326 e. The molecule has 0 aliphatic carbocycles. The van der Waals surface area contributed by atoms with Crippen LogP contribution in [-0.2, 0) is 24.8 Å². The fraction of sp³-hybridized carbons (Fsp3) is 0.235. The number of aromatic nitrogens is 1. The van der Waals surface area contributed by atoms with E-state index in [1.54, 1.807) is 7.05 Å². The number of fused-ring (bicyclic) bond motifs is 1. The molecular weight excluding hydrogens is 296 g/mol. The second kappa shape index (κ2) is 5.72. The van der Waals surface area contributed by atoms with Crippen LogP contribution in [0.15, 0.2) is 47.4 Å². The van der Waals surface area contributed by atoms with Gasteiger partial charge in [-0.15, -0.1) is 0 Å². The van der Waals surface area contributed by atoms with Crippen LogP contribution in [0.2, 0.25) is 0 Å². The summed E-state index contributed by atoms with van der Waals surface area (Å²) in [4.78, 5) is 37.1. The minimum atomic E-state index is -1.03. The Labute approximate surface area is 132 Å². The molecule has 0 radical (unpaired) electrons. The highest BCUT2D eigenvalue weighted by atomic mass is 16.4. The number of hydrogen-bond donors (Lipinski definition) is 1. The average molecular weight is 312 g/mol. The Balaban J connectivity index is 1.99. The van der Waals surface area contributed by atoms with Crippen molar-refractivity contribution in [1.82, 2.24) is 9.47 Å². The van der Waals surface area contributed by atoms with Crippen molar-refractivity contribution in [1.29, 1.82) is 0 Å². The predicted molar refractivity (Wildman–Crippen MR) is 83.1 cm³/mol. The minimum Gasteiger partial charge on any atom is -0.480 e. The van der Waals surface area contributed by atoms with Crippen LogP contribution in [0.4, 0.5) is 0 Å². The number of hydrogen-bond acceptors (Lipinski definition) is 3. The van der Waals surface area contributed by atoms with E-state index in [4.69, 9.17) is 0 Å². The fourth-order valence-electron chi connectivity index (χ4n) is 2.84. The topological polar surface area (TPSA) is 79.6 Å². The Morgan fingerprint density at radius 3 is 2.48 bits per heavy atom. The third kappa shape index (κ3) is 2.75. The number of carboxylic acids is 1. The van der Waals surface area contributed by atoms with E-state index in [0.29, 0.717) is 5.56 Å². The van der Waals surface area contributed by atoms with Gasteiger partial charge in [0, 0.05) is 32.3 Å². The van der Waals surface area contributed by atoms with Crippen LogP contribution < -0.4 is 5.56 Å². The molecule has 6 heteroatoms. The highest BCUT2D eigenvalue weighted by Crippen LogP contribution is 2.25. The Kier molecular flexibility index (Phi) is 3.73. The standard InChI is InChI=1S/C17H16N2O4/c1-18-9-13(6-7-15(18)20)16(21)19-10-12-5-3-2-4-11(12)8-14(19)17(22)23/h2-7,9,14H,8,10H2,1H3,(H,22,23)/t14-/m1/s1. The molecule has 1 aromatic heterocycles. The molecule has 2 heterocycles. The molecule has 1 aromatic carbocycles. The van der Waals surface area contributed by atoms with E-state index in [-0.39, 0.29) is 24.4 Å². The number of aryl methyl sites for hydroxylation is 1. The van der Waals surface area contributed by atoms with Crippen LogP contribution in [0, 0.1) is 0 Å². The summed E-state index contributed by atoms with van der Waals surface area (Å²) < 4.78 is 1.31. The van der Waals surface area contributed by atoms with Gasteiger partial charge in [-0.25, -0.2) is 4.79 Å². The van der Waals surface area contributed by atoms with Gasteiger partial charge in [-0.1, -0.05) is 24.3 Å². The minimum absolute atomic E-state index is 0.222. The second-order valence-corrected chi connectivity index (χ2v) is 5.63. The number of pyridine rings is 1. The molecule has 1 N–H and O–H groups in total. The van der Waals surface area contributed by atoms with Gasteiger partial charge in [-0.05, 0) is 17.2 Å². The third-order valence-corrected chi connectivity index (χ3v) is 4.13. The van der Waals surface area contributed by atoms with Gasteiger partial charge in [0.05, 0.1) is 5.56 Å². The van der Waals surface area contributed by atoms with Crippen LogP contribution in [0.1, 0.15) is 21.5 Å². The van der Waals surface area contributed by atoms with Crippen LogP contribution in [-0.4, -0.2) is 32.5 Å². The molecule has 2 aromatic rings. The summed E-state index contributed by atoms with van der Waals surface area (Å²) in [7, 11) is 1.55. The number of aliphatic carboxylic acids is 1. The second-order valence-electron chi connectivity index (χ2n) is 5.63. The van der Waals surface area contributed by atoms with E-state index in [1.807, 2.05) is 24.3 Å². The molecule has 0 unspecified atom stereocenters. The van der Waals surface area contributed by atoms with Gasteiger partial charge >= 0.3 is 5.97 Å². The summed E-state index contributed by atoms with van der Waals surface area (Å²) in [6, 6.07) is 9.35. The van der Waals surface area contributed by atoms with E-state index >= 15 is 0 Å². The maximum absolute atomic E-state index is 12.7. The van der Waals surface area contributed by atoms with Crippen LogP contribution in [0.3, 0.4) is 0 Å². The lowest BCUT2D eigenvalue weighted by Crippen LogP contribution is -2.48. The van der Waals surface area contributed by atoms with Crippen molar-refractivity contribution >= 4 is 11.9 Å². The lowest BCUT2D eigenvalue weighted by Gasteiger charge is -2.34. The van der Waals surface area contributed by atoms with Crippen molar-refractivity contribution < 1.29 is 14.7 Å². The molecule has 0 spiro atoms. The van der Waals surface area contributed by atoms with Crippen molar-refractivity contribution in [3.05, 3.63) is 69.6 Å². The zero-order valence-corrected chi connectivity index (χ0v) is 12.6. The number of nitrogens with zero attached hydrogens (tertiary/aromatic N) is 2. The zero-order valence-electron chi connectivity index (χ0n) is 12.6. The van der Waals surface area contributed by atoms with Gasteiger partial charge in [-0.3, -0.25) is 9.59 Å². The molecule has 0 bridgehead atoms. The average Bonchev–Trinajstić information content (AvgIpc) is 2.55. The first-order chi connectivity index (χ1) is 11.0. The number of carbonyl (C=O) groups is 2. The first kappa shape index (κ1) is 15.0. The molecule has 1 amide bonds. The largest absolute Gasteiger partial charge is 0.480 e. The maximum atomic E-state index is 12.7. The lowest BCUT2D eigenvalue weighted by atomic mass is 9.93. The molecule has 0 saturated heterocycles. The van der Waals surface area contributed by atoms with Gasteiger partial charge in [0.25, 0.3) is 5.91 Å². The summed E-state index contributed by atoms with van der Waals surface area (Å²) in [5.74, 6) is -1.42. The summed E-state index contributed by atoms with van der Waals surface area (Å²) in [5, 5.41) is 9.48. The number of rotatable bonds is 2. The summed E-state index contributed by atoms with van der Waals surface area (Å²) in [6.07, 6.45) is 1.72. The van der Waals surface area contributed by atoms with Gasteiger partial charge < -0.3 is 14.6 Å². The van der Waals surface area contributed by atoms with Crippen molar-refractivity contribution in [2.45, 2.75) is 19.0 Å². The highest BCUT2D eigenvalue weighted by Gasteiger charge is 2.34. The fourth-order valence-corrected chi connectivity index (χ4v) is 2.84. The number of benzene rings is 1. The van der Waals surface area contributed by atoms with Crippen molar-refractivity contribution in [3.63, 3.8) is 0 Å². The zero-order chi connectivity index (χ0) is 16.6. The smallest absolute Gasteiger partial charge is 0.326 e.